The van der Waals surface area contributed by atoms with E-state index in [9.17, 15) is 9.59 Å². The van der Waals surface area contributed by atoms with E-state index in [1.54, 1.807) is 12.0 Å². The molecular weight excluding hydrogens is 404 g/mol. The molecule has 0 aliphatic carbocycles. The summed E-state index contributed by atoms with van der Waals surface area (Å²) in [5, 5.41) is 2.92. The van der Waals surface area contributed by atoms with E-state index in [0.29, 0.717) is 18.7 Å². The minimum Gasteiger partial charge on any atom is -0.496 e. The van der Waals surface area contributed by atoms with E-state index < -0.39 is 0 Å². The number of nitrogens with one attached hydrogen (secondary N) is 1. The van der Waals surface area contributed by atoms with Crippen LogP contribution in [0.15, 0.2) is 42.5 Å². The van der Waals surface area contributed by atoms with E-state index >= 15 is 0 Å². The number of fused-ring (bicyclic) bond motifs is 1. The van der Waals surface area contributed by atoms with Crippen molar-refractivity contribution >= 4 is 23.2 Å². The van der Waals surface area contributed by atoms with E-state index in [1.165, 1.54) is 11.1 Å². The van der Waals surface area contributed by atoms with Crippen molar-refractivity contribution in [1.29, 1.82) is 0 Å². The Labute approximate surface area is 189 Å². The Kier molecular flexibility index (Phi) is 6.77. The van der Waals surface area contributed by atoms with Crippen LogP contribution in [-0.4, -0.2) is 67.5 Å². The lowest BCUT2D eigenvalue weighted by atomic mass is 10.1. The SMILES string of the molecule is COc1ccc(C)cc1CN1CCN(CC(=O)N2c3ccccc3NC(=O)CC2C)CC1. The fourth-order valence-electron chi connectivity index (χ4n) is 4.61. The van der Waals surface area contributed by atoms with E-state index in [-0.39, 0.29) is 17.9 Å². The van der Waals surface area contributed by atoms with Crippen molar-refractivity contribution < 1.29 is 14.3 Å². The molecule has 2 aliphatic heterocycles. The number of anilines is 2. The van der Waals surface area contributed by atoms with Crippen molar-refractivity contribution in [3.63, 3.8) is 0 Å². The van der Waals surface area contributed by atoms with E-state index in [0.717, 1.165) is 44.2 Å². The van der Waals surface area contributed by atoms with Gasteiger partial charge in [-0.15, -0.1) is 0 Å². The van der Waals surface area contributed by atoms with Gasteiger partial charge < -0.3 is 15.0 Å². The molecule has 1 unspecified atom stereocenters. The Balaban J connectivity index is 1.38. The lowest BCUT2D eigenvalue weighted by Gasteiger charge is -2.36. The van der Waals surface area contributed by atoms with Crippen molar-refractivity contribution in [2.75, 3.05) is 50.1 Å². The highest BCUT2D eigenvalue weighted by molar-refractivity contribution is 6.04. The molecule has 1 saturated heterocycles. The Morgan fingerprint density at radius 1 is 1.09 bits per heavy atom. The lowest BCUT2D eigenvalue weighted by molar-refractivity contribution is -0.120. The zero-order valence-corrected chi connectivity index (χ0v) is 19.1. The summed E-state index contributed by atoms with van der Waals surface area (Å²) in [6, 6.07) is 13.6. The molecule has 170 valence electrons. The molecule has 0 spiro atoms. The van der Waals surface area contributed by atoms with Crippen LogP contribution in [0.1, 0.15) is 24.5 Å². The maximum Gasteiger partial charge on any atom is 0.241 e. The van der Waals surface area contributed by atoms with Gasteiger partial charge in [0.05, 0.1) is 25.0 Å². The van der Waals surface area contributed by atoms with Gasteiger partial charge in [0, 0.05) is 50.7 Å². The minimum absolute atomic E-state index is 0.0373. The maximum absolute atomic E-state index is 13.3. The summed E-state index contributed by atoms with van der Waals surface area (Å²) in [6.07, 6.45) is 0.298. The van der Waals surface area contributed by atoms with Crippen LogP contribution in [0, 0.1) is 6.92 Å². The third-order valence-corrected chi connectivity index (χ3v) is 6.28. The number of ether oxygens (including phenoxy) is 1. The molecule has 4 rings (SSSR count). The normalized spacial score (nSPS) is 19.8. The molecule has 0 radical (unpaired) electrons. The quantitative estimate of drug-likeness (QED) is 0.781. The molecule has 2 aromatic rings. The zero-order chi connectivity index (χ0) is 22.7. The number of benzene rings is 2. The number of hydrogen-bond acceptors (Lipinski definition) is 5. The first kappa shape index (κ1) is 22.3. The standard InChI is InChI=1S/C25H32N4O3/c1-18-8-9-23(32-3)20(14-18)16-27-10-12-28(13-11-27)17-25(31)29-19(2)15-24(30)26-21-6-4-5-7-22(21)29/h4-9,14,19H,10-13,15-17H2,1-3H3,(H,26,30). The van der Waals surface area contributed by atoms with Gasteiger partial charge in [0.15, 0.2) is 0 Å². The predicted octanol–water partition coefficient (Wildman–Crippen LogP) is 2.89. The molecule has 1 atom stereocenters. The summed E-state index contributed by atoms with van der Waals surface area (Å²) in [6.45, 7) is 8.70. The van der Waals surface area contributed by atoms with Crippen molar-refractivity contribution in [3.8, 4) is 5.75 Å². The molecule has 32 heavy (non-hydrogen) atoms. The second kappa shape index (κ2) is 9.71. The van der Waals surface area contributed by atoms with Gasteiger partial charge in [0.2, 0.25) is 11.8 Å². The lowest BCUT2D eigenvalue weighted by Crippen LogP contribution is -2.51. The molecule has 2 heterocycles. The largest absolute Gasteiger partial charge is 0.496 e. The van der Waals surface area contributed by atoms with Crippen LogP contribution in [-0.2, 0) is 16.1 Å². The van der Waals surface area contributed by atoms with Gasteiger partial charge in [0.1, 0.15) is 5.75 Å². The Bertz CT molecular complexity index is 985. The summed E-state index contributed by atoms with van der Waals surface area (Å²) in [4.78, 5) is 31.9. The van der Waals surface area contributed by atoms with Gasteiger partial charge in [-0.05, 0) is 32.0 Å². The topological polar surface area (TPSA) is 65.1 Å². The molecule has 0 saturated carbocycles. The van der Waals surface area contributed by atoms with Gasteiger partial charge in [-0.2, -0.15) is 0 Å². The summed E-state index contributed by atoms with van der Waals surface area (Å²) in [5.74, 6) is 0.904. The first-order chi connectivity index (χ1) is 15.4. The highest BCUT2D eigenvalue weighted by atomic mass is 16.5. The Morgan fingerprint density at radius 2 is 1.81 bits per heavy atom. The molecule has 7 heteroatoms. The molecule has 0 bridgehead atoms. The van der Waals surface area contributed by atoms with Crippen LogP contribution < -0.4 is 15.0 Å². The molecule has 2 aliphatic rings. The third kappa shape index (κ3) is 4.95. The van der Waals surface area contributed by atoms with Crippen LogP contribution >= 0.6 is 0 Å². The molecule has 1 N–H and O–H groups in total. The number of piperazine rings is 1. The smallest absolute Gasteiger partial charge is 0.241 e. The van der Waals surface area contributed by atoms with Gasteiger partial charge >= 0.3 is 0 Å². The van der Waals surface area contributed by atoms with E-state index in [2.05, 4.69) is 34.2 Å². The fraction of sp³-hybridized carbons (Fsp3) is 0.440. The number of carbonyl (C=O) groups excluding carboxylic acids is 2. The molecule has 2 aromatic carbocycles. The number of para-hydroxylation sites is 2. The highest BCUT2D eigenvalue weighted by Crippen LogP contribution is 2.31. The molecule has 2 amide bonds. The van der Waals surface area contributed by atoms with Gasteiger partial charge in [-0.25, -0.2) is 0 Å². The van der Waals surface area contributed by atoms with Crippen molar-refractivity contribution in [2.24, 2.45) is 0 Å². The average Bonchev–Trinajstić information content (AvgIpc) is 2.89. The number of carbonyl (C=O) groups is 2. The van der Waals surface area contributed by atoms with Crippen molar-refractivity contribution in [1.82, 2.24) is 9.80 Å². The zero-order valence-electron chi connectivity index (χ0n) is 19.1. The van der Waals surface area contributed by atoms with Crippen molar-refractivity contribution in [3.05, 3.63) is 53.6 Å². The number of aryl methyl sites for hydroxylation is 1. The van der Waals surface area contributed by atoms with Crippen LogP contribution in [0.3, 0.4) is 0 Å². The van der Waals surface area contributed by atoms with Gasteiger partial charge in [0.25, 0.3) is 0 Å². The van der Waals surface area contributed by atoms with Crippen LogP contribution in [0.2, 0.25) is 0 Å². The molecule has 0 aromatic heterocycles. The summed E-state index contributed by atoms with van der Waals surface area (Å²) in [5.41, 5.74) is 3.90. The summed E-state index contributed by atoms with van der Waals surface area (Å²) < 4.78 is 5.52. The predicted molar refractivity (Wildman–Crippen MR) is 126 cm³/mol. The van der Waals surface area contributed by atoms with Gasteiger partial charge in [-0.3, -0.25) is 19.4 Å². The third-order valence-electron chi connectivity index (χ3n) is 6.28. The minimum atomic E-state index is -0.179. The highest BCUT2D eigenvalue weighted by Gasteiger charge is 2.31. The van der Waals surface area contributed by atoms with Crippen LogP contribution in [0.25, 0.3) is 0 Å². The van der Waals surface area contributed by atoms with Crippen molar-refractivity contribution in [2.45, 2.75) is 32.9 Å². The molecule has 7 nitrogen and oxygen atoms in total. The van der Waals surface area contributed by atoms with Crippen LogP contribution in [0.5, 0.6) is 5.75 Å². The van der Waals surface area contributed by atoms with E-state index in [1.807, 2.05) is 37.3 Å². The van der Waals surface area contributed by atoms with Crippen LogP contribution in [0.4, 0.5) is 11.4 Å². The summed E-state index contributed by atoms with van der Waals surface area (Å²) >= 11 is 0. The second-order valence-electron chi connectivity index (χ2n) is 8.75. The first-order valence-electron chi connectivity index (χ1n) is 11.2. The monoisotopic (exact) mass is 436 g/mol. The Morgan fingerprint density at radius 3 is 2.56 bits per heavy atom. The number of rotatable bonds is 5. The number of methoxy groups -OCH3 is 1. The molecular formula is C25H32N4O3. The number of hydrogen-bond donors (Lipinski definition) is 1. The summed E-state index contributed by atoms with van der Waals surface area (Å²) in [7, 11) is 1.71. The second-order valence-corrected chi connectivity index (χ2v) is 8.75. The van der Waals surface area contributed by atoms with E-state index in [4.69, 9.17) is 4.74 Å². The number of amides is 2. The molecule has 1 fully saturated rings. The van der Waals surface area contributed by atoms with Gasteiger partial charge in [-0.1, -0.05) is 29.8 Å². The number of nitrogens with zero attached hydrogens (tertiary/aromatic N) is 3. The first-order valence-corrected chi connectivity index (χ1v) is 11.2. The fourth-order valence-corrected chi connectivity index (χ4v) is 4.61. The Hall–Kier alpha value is -2.90. The average molecular weight is 437 g/mol. The maximum atomic E-state index is 13.3.